The first-order valence-electron chi connectivity index (χ1n) is 21.3. The van der Waals surface area contributed by atoms with E-state index in [1.54, 1.807) is 0 Å². The van der Waals surface area contributed by atoms with Crippen LogP contribution in [0, 0.1) is 0 Å². The van der Waals surface area contributed by atoms with Gasteiger partial charge in [0.1, 0.15) is 0 Å². The molecule has 0 spiro atoms. The summed E-state index contributed by atoms with van der Waals surface area (Å²) in [7, 11) is 0. The van der Waals surface area contributed by atoms with Crippen LogP contribution in [0.3, 0.4) is 0 Å². The minimum absolute atomic E-state index is 1.09. The number of aromatic nitrogens is 1. The molecule has 12 rings (SSSR count). The van der Waals surface area contributed by atoms with Crippen molar-refractivity contribution in [3.8, 4) is 39.1 Å². The van der Waals surface area contributed by atoms with E-state index in [9.17, 15) is 0 Å². The third-order valence-electron chi connectivity index (χ3n) is 12.5. The van der Waals surface area contributed by atoms with Crippen LogP contribution in [0.1, 0.15) is 0 Å². The molecule has 12 aromatic rings. The topological polar surface area (TPSA) is 8.17 Å². The molecule has 0 atom stereocenters. The largest absolute Gasteiger partial charge is 0.310 e. The molecule has 0 bridgehead atoms. The van der Waals surface area contributed by atoms with Gasteiger partial charge in [0.25, 0.3) is 0 Å². The van der Waals surface area contributed by atoms with Gasteiger partial charge in [0.15, 0.2) is 0 Å². The van der Waals surface area contributed by atoms with Gasteiger partial charge >= 0.3 is 0 Å². The highest BCUT2D eigenvalue weighted by atomic mass is 15.1. The van der Waals surface area contributed by atoms with E-state index in [0.717, 1.165) is 22.7 Å². The standard InChI is InChI=1S/C60H40N2/c1-3-13-41(14-4-1)42-25-27-43(28-26-42)44-31-33-51(34-32-44)61(53-35-36-55-49(38-53)30-29-45-15-9-10-22-54(45)55)52-21-11-18-48(37-52)56-23-12-24-58-60(56)57-39-46-16-7-8-17-47(46)40-59(57)62(58)50-19-5-2-6-20-50/h1-40H. The van der Waals surface area contributed by atoms with Gasteiger partial charge in [0, 0.05) is 33.5 Å². The first-order chi connectivity index (χ1) is 30.7. The highest BCUT2D eigenvalue weighted by Gasteiger charge is 2.19. The molecule has 2 heteroatoms. The van der Waals surface area contributed by atoms with Crippen LogP contribution in [-0.2, 0) is 0 Å². The Morgan fingerprint density at radius 1 is 0.274 bits per heavy atom. The van der Waals surface area contributed by atoms with Crippen LogP contribution in [0.2, 0.25) is 0 Å². The molecule has 62 heavy (non-hydrogen) atoms. The number of hydrogen-bond donors (Lipinski definition) is 0. The molecule has 0 saturated carbocycles. The first kappa shape index (κ1) is 35.7. The van der Waals surface area contributed by atoms with Crippen LogP contribution in [0.4, 0.5) is 17.1 Å². The Hall–Kier alpha value is -8.20. The van der Waals surface area contributed by atoms with E-state index >= 15 is 0 Å². The lowest BCUT2D eigenvalue weighted by Crippen LogP contribution is -2.10. The van der Waals surface area contributed by atoms with Crippen molar-refractivity contribution in [2.45, 2.75) is 0 Å². The van der Waals surface area contributed by atoms with Gasteiger partial charge in [-0.15, -0.1) is 0 Å². The summed E-state index contributed by atoms with van der Waals surface area (Å²) in [4.78, 5) is 2.40. The van der Waals surface area contributed by atoms with Crippen LogP contribution < -0.4 is 4.90 Å². The Morgan fingerprint density at radius 2 is 0.823 bits per heavy atom. The van der Waals surface area contributed by atoms with E-state index in [0.29, 0.717) is 0 Å². The van der Waals surface area contributed by atoms with Crippen molar-refractivity contribution in [2.24, 2.45) is 0 Å². The molecular weight excluding hydrogens is 749 g/mol. The quantitative estimate of drug-likeness (QED) is 0.146. The summed E-state index contributed by atoms with van der Waals surface area (Å²) in [5.74, 6) is 0. The van der Waals surface area contributed by atoms with Crippen molar-refractivity contribution in [1.82, 2.24) is 4.57 Å². The third-order valence-corrected chi connectivity index (χ3v) is 12.5. The Morgan fingerprint density at radius 3 is 1.58 bits per heavy atom. The molecule has 0 aliphatic carbocycles. The van der Waals surface area contributed by atoms with Crippen LogP contribution in [0.5, 0.6) is 0 Å². The van der Waals surface area contributed by atoms with E-state index < -0.39 is 0 Å². The molecule has 0 radical (unpaired) electrons. The number of rotatable bonds is 7. The summed E-state index contributed by atoms with van der Waals surface area (Å²) in [5.41, 5.74) is 14.0. The Balaban J connectivity index is 1.01. The van der Waals surface area contributed by atoms with Crippen molar-refractivity contribution >= 4 is 71.2 Å². The molecule has 0 N–H and O–H groups in total. The molecular formula is C60H40N2. The van der Waals surface area contributed by atoms with Gasteiger partial charge in [-0.3, -0.25) is 0 Å². The van der Waals surface area contributed by atoms with Crippen LogP contribution in [-0.4, -0.2) is 4.57 Å². The van der Waals surface area contributed by atoms with E-state index in [2.05, 4.69) is 252 Å². The second kappa shape index (κ2) is 14.8. The number of benzene rings is 11. The lowest BCUT2D eigenvalue weighted by atomic mass is 9.97. The van der Waals surface area contributed by atoms with Gasteiger partial charge in [0.2, 0.25) is 0 Å². The summed E-state index contributed by atoms with van der Waals surface area (Å²) >= 11 is 0. The number of fused-ring (bicyclic) bond motifs is 7. The normalized spacial score (nSPS) is 11.5. The summed E-state index contributed by atoms with van der Waals surface area (Å²) in [5, 5.41) is 9.95. The molecule has 0 saturated heterocycles. The van der Waals surface area contributed by atoms with Gasteiger partial charge in [-0.1, -0.05) is 176 Å². The molecule has 1 heterocycles. The molecule has 0 aliphatic heterocycles. The minimum Gasteiger partial charge on any atom is -0.310 e. The number of para-hydroxylation sites is 1. The molecule has 290 valence electrons. The van der Waals surface area contributed by atoms with Crippen molar-refractivity contribution < 1.29 is 0 Å². The van der Waals surface area contributed by atoms with E-state index in [4.69, 9.17) is 0 Å². The van der Waals surface area contributed by atoms with E-state index in [-0.39, 0.29) is 0 Å². The van der Waals surface area contributed by atoms with Crippen molar-refractivity contribution in [3.63, 3.8) is 0 Å². The van der Waals surface area contributed by atoms with E-state index in [1.165, 1.54) is 87.5 Å². The van der Waals surface area contributed by atoms with Crippen molar-refractivity contribution in [3.05, 3.63) is 243 Å². The van der Waals surface area contributed by atoms with Gasteiger partial charge in [-0.05, 0) is 132 Å². The summed E-state index contributed by atoms with van der Waals surface area (Å²) in [6.07, 6.45) is 0. The highest BCUT2D eigenvalue weighted by molar-refractivity contribution is 6.19. The average Bonchev–Trinajstić information content (AvgIpc) is 3.67. The molecule has 11 aromatic carbocycles. The predicted octanol–water partition coefficient (Wildman–Crippen LogP) is 16.7. The second-order valence-electron chi connectivity index (χ2n) is 16.2. The van der Waals surface area contributed by atoms with Crippen molar-refractivity contribution in [1.29, 1.82) is 0 Å². The summed E-state index contributed by atoms with van der Waals surface area (Å²) < 4.78 is 2.42. The smallest absolute Gasteiger partial charge is 0.0547 e. The Labute approximate surface area is 360 Å². The molecule has 0 amide bonds. The van der Waals surface area contributed by atoms with Crippen LogP contribution in [0.15, 0.2) is 243 Å². The molecule has 0 unspecified atom stereocenters. The number of hydrogen-bond acceptors (Lipinski definition) is 1. The monoisotopic (exact) mass is 788 g/mol. The van der Waals surface area contributed by atoms with Crippen LogP contribution in [0.25, 0.3) is 93.2 Å². The lowest BCUT2D eigenvalue weighted by molar-refractivity contribution is 1.18. The molecule has 1 aromatic heterocycles. The zero-order valence-corrected chi connectivity index (χ0v) is 34.0. The average molecular weight is 789 g/mol. The second-order valence-corrected chi connectivity index (χ2v) is 16.2. The summed E-state index contributed by atoms with van der Waals surface area (Å²) in [6.45, 7) is 0. The predicted molar refractivity (Wildman–Crippen MR) is 264 cm³/mol. The number of nitrogens with zero attached hydrogens (tertiary/aromatic N) is 2. The number of anilines is 3. The van der Waals surface area contributed by atoms with Crippen LogP contribution >= 0.6 is 0 Å². The van der Waals surface area contributed by atoms with Gasteiger partial charge < -0.3 is 9.47 Å². The zero-order valence-electron chi connectivity index (χ0n) is 34.0. The zero-order chi connectivity index (χ0) is 41.0. The Bertz CT molecular complexity index is 3600. The maximum atomic E-state index is 2.42. The van der Waals surface area contributed by atoms with Gasteiger partial charge in [-0.2, -0.15) is 0 Å². The SMILES string of the molecule is c1ccc(-c2ccc(-c3ccc(N(c4cccc(-c5cccc6c5c5cc7ccccc7cc5n6-c5ccccc5)c4)c4ccc5c(ccc6ccccc65)c4)cc3)cc2)cc1. The first-order valence-corrected chi connectivity index (χ1v) is 21.3. The van der Waals surface area contributed by atoms with Crippen molar-refractivity contribution in [2.75, 3.05) is 4.90 Å². The van der Waals surface area contributed by atoms with Gasteiger partial charge in [0.05, 0.1) is 11.0 Å². The Kier molecular flexibility index (Phi) is 8.53. The fourth-order valence-corrected chi connectivity index (χ4v) is 9.54. The fourth-order valence-electron chi connectivity index (χ4n) is 9.54. The molecule has 0 fully saturated rings. The van der Waals surface area contributed by atoms with Gasteiger partial charge in [-0.25, -0.2) is 0 Å². The highest BCUT2D eigenvalue weighted by Crippen LogP contribution is 2.43. The lowest BCUT2D eigenvalue weighted by Gasteiger charge is -2.27. The molecule has 2 nitrogen and oxygen atoms in total. The van der Waals surface area contributed by atoms with E-state index in [1.807, 2.05) is 0 Å². The minimum atomic E-state index is 1.09. The maximum Gasteiger partial charge on any atom is 0.0547 e. The fraction of sp³-hybridized carbons (Fsp3) is 0. The molecule has 0 aliphatic rings. The summed E-state index contributed by atoms with van der Waals surface area (Å²) in [6, 6.07) is 88.5. The third kappa shape index (κ3) is 6.12. The maximum absolute atomic E-state index is 2.42.